The highest BCUT2D eigenvalue weighted by Gasteiger charge is 2.33. The van der Waals surface area contributed by atoms with Gasteiger partial charge in [-0.15, -0.1) is 0 Å². The monoisotopic (exact) mass is 273 g/mol. The summed E-state index contributed by atoms with van der Waals surface area (Å²) in [6, 6.07) is 0.106. The quantitative estimate of drug-likeness (QED) is 0.893. The molecule has 1 fully saturated rings. The molecule has 1 saturated carbocycles. The first-order chi connectivity index (χ1) is 9.48. The van der Waals surface area contributed by atoms with Crippen LogP contribution in [0.4, 0.5) is 0 Å². The molecule has 2 aliphatic carbocycles. The summed E-state index contributed by atoms with van der Waals surface area (Å²) in [5.41, 5.74) is 8.94. The van der Waals surface area contributed by atoms with E-state index in [9.17, 15) is 0 Å². The molecule has 3 unspecified atom stereocenters. The molecule has 0 radical (unpaired) electrons. The Hall–Kier alpha value is -0.960. The number of hydrogen-bond acceptors (Lipinski definition) is 3. The van der Waals surface area contributed by atoms with Crippen molar-refractivity contribution in [1.29, 1.82) is 0 Å². The van der Waals surface area contributed by atoms with Gasteiger partial charge in [-0.05, 0) is 43.4 Å². The van der Waals surface area contributed by atoms with E-state index in [1.54, 1.807) is 0 Å². The molecule has 0 spiro atoms. The minimum Gasteiger partial charge on any atom is -0.324 e. The van der Waals surface area contributed by atoms with Crippen molar-refractivity contribution in [3.8, 4) is 0 Å². The summed E-state index contributed by atoms with van der Waals surface area (Å²) in [6.45, 7) is 6.88. The molecule has 20 heavy (non-hydrogen) atoms. The fraction of sp³-hybridized carbons (Fsp3) is 0.765. The maximum absolute atomic E-state index is 6.29. The van der Waals surface area contributed by atoms with Crippen LogP contribution < -0.4 is 5.73 Å². The molecule has 110 valence electrons. The number of nitrogens with zero attached hydrogens (tertiary/aromatic N) is 2. The van der Waals surface area contributed by atoms with Gasteiger partial charge in [0, 0.05) is 29.4 Å². The van der Waals surface area contributed by atoms with Gasteiger partial charge in [0.15, 0.2) is 0 Å². The predicted octanol–water partition coefficient (Wildman–Crippen LogP) is 3.74. The van der Waals surface area contributed by atoms with Crippen LogP contribution in [0, 0.1) is 11.3 Å². The van der Waals surface area contributed by atoms with Gasteiger partial charge in [0.25, 0.3) is 0 Å². The molecule has 3 heteroatoms. The number of nitrogens with two attached hydrogens (primary N) is 1. The third-order valence-electron chi connectivity index (χ3n) is 5.22. The molecule has 0 bridgehead atoms. The second-order valence-corrected chi connectivity index (χ2v) is 7.57. The largest absolute Gasteiger partial charge is 0.324 e. The molecular formula is C17H27N3. The van der Waals surface area contributed by atoms with Crippen LogP contribution in [0.15, 0.2) is 6.20 Å². The van der Waals surface area contributed by atoms with Gasteiger partial charge in [-0.3, -0.25) is 0 Å². The summed E-state index contributed by atoms with van der Waals surface area (Å²) in [5.74, 6) is 2.52. The summed E-state index contributed by atoms with van der Waals surface area (Å²) in [6.07, 6.45) is 9.24. The Morgan fingerprint density at radius 2 is 2.15 bits per heavy atom. The smallest absolute Gasteiger partial charge is 0.131 e. The molecule has 0 aliphatic heterocycles. The molecule has 0 saturated heterocycles. The Morgan fingerprint density at radius 3 is 2.85 bits per heavy atom. The fourth-order valence-corrected chi connectivity index (χ4v) is 4.00. The van der Waals surface area contributed by atoms with Crippen LogP contribution >= 0.6 is 0 Å². The van der Waals surface area contributed by atoms with Crippen LogP contribution in [-0.2, 0) is 6.42 Å². The van der Waals surface area contributed by atoms with Gasteiger partial charge in [-0.25, -0.2) is 9.97 Å². The van der Waals surface area contributed by atoms with Crippen LogP contribution in [0.5, 0.6) is 0 Å². The van der Waals surface area contributed by atoms with Crippen molar-refractivity contribution in [2.24, 2.45) is 17.1 Å². The highest BCUT2D eigenvalue weighted by atomic mass is 14.9. The summed E-state index contributed by atoms with van der Waals surface area (Å²) >= 11 is 0. The zero-order valence-corrected chi connectivity index (χ0v) is 13.0. The topological polar surface area (TPSA) is 51.8 Å². The van der Waals surface area contributed by atoms with Crippen LogP contribution in [0.25, 0.3) is 0 Å². The molecule has 0 amide bonds. The zero-order valence-electron chi connectivity index (χ0n) is 13.0. The third-order valence-corrected chi connectivity index (χ3v) is 5.22. The van der Waals surface area contributed by atoms with Crippen molar-refractivity contribution in [3.05, 3.63) is 23.3 Å². The van der Waals surface area contributed by atoms with Crippen LogP contribution in [0.2, 0.25) is 0 Å². The van der Waals surface area contributed by atoms with E-state index in [0.717, 1.165) is 24.6 Å². The summed E-state index contributed by atoms with van der Waals surface area (Å²) in [4.78, 5) is 9.57. The molecule has 0 aromatic carbocycles. The lowest BCUT2D eigenvalue weighted by molar-refractivity contribution is 0.277. The Bertz CT molecular complexity index is 495. The summed E-state index contributed by atoms with van der Waals surface area (Å²) < 4.78 is 0. The molecule has 2 aliphatic rings. The van der Waals surface area contributed by atoms with Crippen LogP contribution in [-0.4, -0.2) is 9.97 Å². The lowest BCUT2D eigenvalue weighted by atomic mass is 9.74. The second kappa shape index (κ2) is 5.10. The average molecular weight is 273 g/mol. The molecule has 1 aromatic heterocycles. The van der Waals surface area contributed by atoms with Gasteiger partial charge in [0.2, 0.25) is 0 Å². The number of rotatable bonds is 2. The Labute approximate surface area is 122 Å². The lowest BCUT2D eigenvalue weighted by Gasteiger charge is -2.34. The molecule has 2 N–H and O–H groups in total. The Morgan fingerprint density at radius 1 is 1.35 bits per heavy atom. The SMILES string of the molecule is CCC1CCC(c2ncc3c(n2)CC(C)(C)CC3N)C1. The Balaban J connectivity index is 1.86. The van der Waals surface area contributed by atoms with Gasteiger partial charge in [-0.2, -0.15) is 0 Å². The molecule has 1 aromatic rings. The Kier molecular flexibility index (Phi) is 3.57. The molecule has 1 heterocycles. The third kappa shape index (κ3) is 2.60. The normalized spacial score (nSPS) is 32.1. The average Bonchev–Trinajstić information content (AvgIpc) is 2.85. The first kappa shape index (κ1) is 14.0. The van der Waals surface area contributed by atoms with Crippen molar-refractivity contribution < 1.29 is 0 Å². The van der Waals surface area contributed by atoms with E-state index in [-0.39, 0.29) is 11.5 Å². The molecular weight excluding hydrogens is 246 g/mol. The second-order valence-electron chi connectivity index (χ2n) is 7.57. The summed E-state index contributed by atoms with van der Waals surface area (Å²) in [5, 5.41) is 0. The van der Waals surface area contributed by atoms with Crippen molar-refractivity contribution in [1.82, 2.24) is 9.97 Å². The maximum Gasteiger partial charge on any atom is 0.131 e. The first-order valence-corrected chi connectivity index (χ1v) is 8.10. The van der Waals surface area contributed by atoms with E-state index in [2.05, 4.69) is 25.8 Å². The van der Waals surface area contributed by atoms with Crippen molar-refractivity contribution in [2.45, 2.75) is 71.3 Å². The van der Waals surface area contributed by atoms with Gasteiger partial charge >= 0.3 is 0 Å². The fourth-order valence-electron chi connectivity index (χ4n) is 4.00. The van der Waals surface area contributed by atoms with Gasteiger partial charge < -0.3 is 5.73 Å². The van der Waals surface area contributed by atoms with E-state index in [4.69, 9.17) is 10.7 Å². The van der Waals surface area contributed by atoms with E-state index in [1.807, 2.05) is 6.20 Å². The van der Waals surface area contributed by atoms with Gasteiger partial charge in [0.1, 0.15) is 5.82 Å². The van der Waals surface area contributed by atoms with E-state index >= 15 is 0 Å². The highest BCUT2D eigenvalue weighted by Crippen LogP contribution is 2.41. The van der Waals surface area contributed by atoms with Crippen molar-refractivity contribution >= 4 is 0 Å². The van der Waals surface area contributed by atoms with Crippen LogP contribution in [0.3, 0.4) is 0 Å². The zero-order chi connectivity index (χ0) is 14.3. The number of aromatic nitrogens is 2. The van der Waals surface area contributed by atoms with Crippen molar-refractivity contribution in [3.63, 3.8) is 0 Å². The minimum absolute atomic E-state index is 0.106. The van der Waals surface area contributed by atoms with Gasteiger partial charge in [0.05, 0.1) is 0 Å². The highest BCUT2D eigenvalue weighted by molar-refractivity contribution is 5.27. The van der Waals surface area contributed by atoms with Gasteiger partial charge in [-0.1, -0.05) is 27.2 Å². The van der Waals surface area contributed by atoms with Crippen molar-refractivity contribution in [2.75, 3.05) is 0 Å². The minimum atomic E-state index is 0.106. The number of hydrogen-bond donors (Lipinski definition) is 1. The van der Waals surface area contributed by atoms with E-state index < -0.39 is 0 Å². The maximum atomic E-state index is 6.29. The van der Waals surface area contributed by atoms with Crippen LogP contribution in [0.1, 0.15) is 81.9 Å². The standard InChI is InChI=1S/C17H27N3/c1-4-11-5-6-12(7-11)16-19-10-13-14(18)8-17(2,3)9-15(13)20-16/h10-12,14H,4-9,18H2,1-3H3. The first-order valence-electron chi connectivity index (χ1n) is 8.10. The molecule has 3 rings (SSSR count). The predicted molar refractivity (Wildman–Crippen MR) is 81.4 cm³/mol. The van der Waals surface area contributed by atoms with E-state index in [1.165, 1.54) is 36.9 Å². The van der Waals surface area contributed by atoms with E-state index in [0.29, 0.717) is 5.92 Å². The molecule has 3 atom stereocenters. The number of fused-ring (bicyclic) bond motifs is 1. The molecule has 3 nitrogen and oxygen atoms in total. The summed E-state index contributed by atoms with van der Waals surface area (Å²) in [7, 11) is 0. The lowest BCUT2D eigenvalue weighted by Crippen LogP contribution is -2.31.